The molecule has 24 heavy (non-hydrogen) atoms. The van der Waals surface area contributed by atoms with E-state index in [0.29, 0.717) is 5.01 Å². The van der Waals surface area contributed by atoms with Gasteiger partial charge in [-0.2, -0.15) is 10.4 Å². The van der Waals surface area contributed by atoms with Crippen molar-refractivity contribution in [2.24, 2.45) is 5.10 Å². The number of hydrazone groups is 1. The fourth-order valence-corrected chi connectivity index (χ4v) is 3.04. The Morgan fingerprint density at radius 3 is 2.54 bits per heavy atom. The summed E-state index contributed by atoms with van der Waals surface area (Å²) in [5.74, 6) is 0. The summed E-state index contributed by atoms with van der Waals surface area (Å²) >= 11 is 4.79. The SMILES string of the molecule is Cc1ccc(-c2csc(/C(C#N)=N\Nc3ccc(Br)cc3)n2)cc1. The van der Waals surface area contributed by atoms with Gasteiger partial charge in [0.2, 0.25) is 0 Å². The number of aryl methyl sites for hydroxylation is 1. The lowest BCUT2D eigenvalue weighted by Crippen LogP contribution is -2.01. The van der Waals surface area contributed by atoms with Crippen LogP contribution in [0.1, 0.15) is 10.6 Å². The summed E-state index contributed by atoms with van der Waals surface area (Å²) in [4.78, 5) is 4.53. The molecule has 3 rings (SSSR count). The van der Waals surface area contributed by atoms with Gasteiger partial charge in [-0.3, -0.25) is 5.43 Å². The number of hydrogen-bond donors (Lipinski definition) is 1. The van der Waals surface area contributed by atoms with Crippen molar-refractivity contribution in [3.63, 3.8) is 0 Å². The zero-order valence-electron chi connectivity index (χ0n) is 12.8. The van der Waals surface area contributed by atoms with Crippen molar-refractivity contribution in [1.82, 2.24) is 4.98 Å². The van der Waals surface area contributed by atoms with Crippen molar-refractivity contribution in [3.05, 3.63) is 69.0 Å². The summed E-state index contributed by atoms with van der Waals surface area (Å²) in [7, 11) is 0. The van der Waals surface area contributed by atoms with Gasteiger partial charge in [0.15, 0.2) is 10.7 Å². The van der Waals surface area contributed by atoms with Gasteiger partial charge in [-0.05, 0) is 31.2 Å². The molecule has 0 bridgehead atoms. The fraction of sp³-hybridized carbons (Fsp3) is 0.0556. The maximum atomic E-state index is 9.36. The Hall–Kier alpha value is -2.49. The number of nitriles is 1. The van der Waals surface area contributed by atoms with E-state index in [1.54, 1.807) is 0 Å². The maximum Gasteiger partial charge on any atom is 0.196 e. The average Bonchev–Trinajstić information content (AvgIpc) is 3.08. The van der Waals surface area contributed by atoms with Crippen LogP contribution in [0.15, 0.2) is 63.5 Å². The first-order valence-corrected chi connectivity index (χ1v) is 8.85. The predicted molar refractivity (Wildman–Crippen MR) is 102 cm³/mol. The summed E-state index contributed by atoms with van der Waals surface area (Å²) in [5, 5.41) is 16.1. The second-order valence-corrected chi connectivity index (χ2v) is 6.87. The third kappa shape index (κ3) is 3.88. The Balaban J connectivity index is 1.81. The third-order valence-electron chi connectivity index (χ3n) is 3.30. The van der Waals surface area contributed by atoms with Crippen molar-refractivity contribution >= 4 is 38.7 Å². The fourth-order valence-electron chi connectivity index (χ4n) is 2.00. The molecule has 6 heteroatoms. The molecule has 0 aliphatic rings. The molecule has 0 saturated heterocycles. The molecule has 1 aromatic heterocycles. The average molecular weight is 397 g/mol. The number of benzene rings is 2. The quantitative estimate of drug-likeness (QED) is 0.485. The van der Waals surface area contributed by atoms with Gasteiger partial charge in [0.1, 0.15) is 6.07 Å². The third-order valence-corrected chi connectivity index (χ3v) is 4.68. The molecule has 0 amide bonds. The highest BCUT2D eigenvalue weighted by atomic mass is 79.9. The van der Waals surface area contributed by atoms with Crippen LogP contribution in [0.4, 0.5) is 5.69 Å². The van der Waals surface area contributed by atoms with Gasteiger partial charge >= 0.3 is 0 Å². The molecular formula is C18H13BrN4S. The van der Waals surface area contributed by atoms with E-state index in [9.17, 15) is 5.26 Å². The van der Waals surface area contributed by atoms with Crippen LogP contribution in [0.5, 0.6) is 0 Å². The predicted octanol–water partition coefficient (Wildman–Crippen LogP) is 5.22. The molecule has 1 N–H and O–H groups in total. The molecule has 118 valence electrons. The van der Waals surface area contributed by atoms with Gasteiger partial charge in [-0.25, -0.2) is 4.98 Å². The van der Waals surface area contributed by atoms with Gasteiger partial charge in [0.05, 0.1) is 11.4 Å². The van der Waals surface area contributed by atoms with E-state index >= 15 is 0 Å². The van der Waals surface area contributed by atoms with Crippen LogP contribution in [0, 0.1) is 18.3 Å². The van der Waals surface area contributed by atoms with E-state index in [2.05, 4.69) is 37.5 Å². The number of nitrogens with one attached hydrogen (secondary N) is 1. The highest BCUT2D eigenvalue weighted by Crippen LogP contribution is 2.23. The van der Waals surface area contributed by atoms with E-state index in [1.807, 2.05) is 60.8 Å². The van der Waals surface area contributed by atoms with Crippen molar-refractivity contribution in [1.29, 1.82) is 5.26 Å². The van der Waals surface area contributed by atoms with E-state index in [0.717, 1.165) is 21.4 Å². The molecule has 4 nitrogen and oxygen atoms in total. The number of thiazole rings is 1. The first-order chi connectivity index (χ1) is 11.7. The Morgan fingerprint density at radius 1 is 1.17 bits per heavy atom. The van der Waals surface area contributed by atoms with Gasteiger partial charge in [-0.1, -0.05) is 45.8 Å². The molecule has 2 aromatic carbocycles. The molecule has 0 radical (unpaired) electrons. The molecule has 0 unspecified atom stereocenters. The largest absolute Gasteiger partial charge is 0.277 e. The zero-order chi connectivity index (χ0) is 16.9. The van der Waals surface area contributed by atoms with Crippen LogP contribution in [-0.2, 0) is 0 Å². The van der Waals surface area contributed by atoms with Crippen LogP contribution in [-0.4, -0.2) is 10.7 Å². The summed E-state index contributed by atoms with van der Waals surface area (Å²) in [6, 6.07) is 17.8. The topological polar surface area (TPSA) is 61.1 Å². The number of hydrogen-bond acceptors (Lipinski definition) is 5. The smallest absolute Gasteiger partial charge is 0.196 e. The molecule has 0 saturated carbocycles. The lowest BCUT2D eigenvalue weighted by atomic mass is 10.1. The van der Waals surface area contributed by atoms with E-state index in [1.165, 1.54) is 16.9 Å². The van der Waals surface area contributed by atoms with Gasteiger partial charge in [0, 0.05) is 15.4 Å². The van der Waals surface area contributed by atoms with Crippen LogP contribution < -0.4 is 5.43 Å². The molecule has 0 atom stereocenters. The molecule has 0 aliphatic heterocycles. The van der Waals surface area contributed by atoms with Crippen molar-refractivity contribution in [3.8, 4) is 17.3 Å². The minimum absolute atomic E-state index is 0.265. The summed E-state index contributed by atoms with van der Waals surface area (Å²) in [5.41, 5.74) is 7.04. The molecule has 0 fully saturated rings. The number of aromatic nitrogens is 1. The lowest BCUT2D eigenvalue weighted by Gasteiger charge is -2.00. The van der Waals surface area contributed by atoms with E-state index in [4.69, 9.17) is 0 Å². The zero-order valence-corrected chi connectivity index (χ0v) is 15.2. The summed E-state index contributed by atoms with van der Waals surface area (Å²) in [6.07, 6.45) is 0. The number of anilines is 1. The van der Waals surface area contributed by atoms with Crippen molar-refractivity contribution in [2.75, 3.05) is 5.43 Å². The molecule has 0 aliphatic carbocycles. The molecule has 1 heterocycles. The Labute approximate surface area is 152 Å². The minimum Gasteiger partial charge on any atom is -0.277 e. The molecular weight excluding hydrogens is 384 g/mol. The number of halogens is 1. The Kier molecular flexibility index (Phi) is 5.04. The number of rotatable bonds is 4. The Bertz CT molecular complexity index is 905. The van der Waals surface area contributed by atoms with Crippen LogP contribution in [0.25, 0.3) is 11.3 Å². The number of nitrogens with zero attached hydrogens (tertiary/aromatic N) is 3. The second-order valence-electron chi connectivity index (χ2n) is 5.09. The highest BCUT2D eigenvalue weighted by Gasteiger charge is 2.10. The summed E-state index contributed by atoms with van der Waals surface area (Å²) < 4.78 is 0.986. The first-order valence-electron chi connectivity index (χ1n) is 7.18. The minimum atomic E-state index is 0.265. The van der Waals surface area contributed by atoms with Crippen LogP contribution in [0.3, 0.4) is 0 Å². The van der Waals surface area contributed by atoms with Crippen LogP contribution >= 0.6 is 27.3 Å². The van der Waals surface area contributed by atoms with Crippen molar-refractivity contribution in [2.45, 2.75) is 6.92 Å². The molecule has 0 spiro atoms. The first kappa shape index (κ1) is 16.4. The maximum absolute atomic E-state index is 9.36. The van der Waals surface area contributed by atoms with Gasteiger partial charge < -0.3 is 0 Å². The second kappa shape index (κ2) is 7.39. The van der Waals surface area contributed by atoms with E-state index in [-0.39, 0.29) is 5.71 Å². The summed E-state index contributed by atoms with van der Waals surface area (Å²) in [6.45, 7) is 2.05. The molecule has 3 aromatic rings. The lowest BCUT2D eigenvalue weighted by molar-refractivity contribution is 1.31. The normalized spacial score (nSPS) is 11.1. The Morgan fingerprint density at radius 2 is 1.88 bits per heavy atom. The standard InChI is InChI=1S/C18H13BrN4S/c1-12-2-4-13(5-3-12)17-11-24-18(21-17)16(10-20)23-22-15-8-6-14(19)7-9-15/h2-9,11,22H,1H3/b23-16-. The van der Waals surface area contributed by atoms with E-state index < -0.39 is 0 Å². The monoisotopic (exact) mass is 396 g/mol. The van der Waals surface area contributed by atoms with Crippen molar-refractivity contribution < 1.29 is 0 Å². The van der Waals surface area contributed by atoms with Gasteiger partial charge in [-0.15, -0.1) is 11.3 Å². The van der Waals surface area contributed by atoms with Gasteiger partial charge in [0.25, 0.3) is 0 Å². The highest BCUT2D eigenvalue weighted by molar-refractivity contribution is 9.10. The van der Waals surface area contributed by atoms with Crippen LogP contribution in [0.2, 0.25) is 0 Å².